The molecule has 1 aliphatic rings. The molecule has 0 saturated carbocycles. The normalized spacial score (nSPS) is 13.7. The fourth-order valence-electron chi connectivity index (χ4n) is 2.23. The van der Waals surface area contributed by atoms with Crippen molar-refractivity contribution >= 4 is 22.2 Å². The molecule has 0 amide bonds. The van der Waals surface area contributed by atoms with Gasteiger partial charge in [-0.05, 0) is 42.5 Å². The standard InChI is InChI=1S/C13H15N3S/c14-7-12-8-15-13(17-12)16-11-5-4-9-2-1-3-10(9)6-11/h4-6,8H,1-3,7,14H2,(H,15,16). The molecule has 0 fully saturated rings. The Labute approximate surface area is 105 Å². The van der Waals surface area contributed by atoms with Gasteiger partial charge in [0, 0.05) is 23.3 Å². The Bertz CT molecular complexity index is 533. The lowest BCUT2D eigenvalue weighted by atomic mass is 10.1. The van der Waals surface area contributed by atoms with E-state index >= 15 is 0 Å². The van der Waals surface area contributed by atoms with Gasteiger partial charge in [0.25, 0.3) is 0 Å². The zero-order valence-corrected chi connectivity index (χ0v) is 10.4. The molecule has 3 N–H and O–H groups in total. The molecular weight excluding hydrogens is 230 g/mol. The molecule has 17 heavy (non-hydrogen) atoms. The number of rotatable bonds is 3. The van der Waals surface area contributed by atoms with Crippen molar-refractivity contribution in [3.05, 3.63) is 40.4 Å². The summed E-state index contributed by atoms with van der Waals surface area (Å²) in [7, 11) is 0. The second-order valence-corrected chi connectivity index (χ2v) is 5.41. The molecule has 1 aromatic heterocycles. The predicted octanol–water partition coefficient (Wildman–Crippen LogP) is 2.83. The van der Waals surface area contributed by atoms with E-state index in [1.165, 1.54) is 30.4 Å². The van der Waals surface area contributed by atoms with Crippen LogP contribution in [0.15, 0.2) is 24.4 Å². The SMILES string of the molecule is NCc1cnc(Nc2ccc3c(c2)CCC3)s1. The van der Waals surface area contributed by atoms with Crippen LogP contribution in [0.3, 0.4) is 0 Å². The zero-order chi connectivity index (χ0) is 11.7. The Balaban J connectivity index is 1.80. The van der Waals surface area contributed by atoms with Crippen molar-refractivity contribution in [3.8, 4) is 0 Å². The van der Waals surface area contributed by atoms with Crippen LogP contribution in [0.25, 0.3) is 0 Å². The highest BCUT2D eigenvalue weighted by atomic mass is 32.1. The summed E-state index contributed by atoms with van der Waals surface area (Å²) < 4.78 is 0. The lowest BCUT2D eigenvalue weighted by molar-refractivity contribution is 0.912. The van der Waals surface area contributed by atoms with Crippen LogP contribution in [0.1, 0.15) is 22.4 Å². The molecule has 0 unspecified atom stereocenters. The highest BCUT2D eigenvalue weighted by Gasteiger charge is 2.11. The molecule has 1 aromatic carbocycles. The van der Waals surface area contributed by atoms with Crippen LogP contribution in [-0.4, -0.2) is 4.98 Å². The lowest BCUT2D eigenvalue weighted by Crippen LogP contribution is -1.91. The van der Waals surface area contributed by atoms with E-state index in [1.54, 1.807) is 11.3 Å². The van der Waals surface area contributed by atoms with Gasteiger partial charge in [-0.2, -0.15) is 0 Å². The number of hydrogen-bond acceptors (Lipinski definition) is 4. The number of aryl methyl sites for hydroxylation is 2. The van der Waals surface area contributed by atoms with Crippen molar-refractivity contribution < 1.29 is 0 Å². The Kier molecular flexibility index (Phi) is 2.82. The first-order valence-electron chi connectivity index (χ1n) is 5.89. The van der Waals surface area contributed by atoms with Gasteiger partial charge in [0.1, 0.15) is 0 Å². The number of fused-ring (bicyclic) bond motifs is 1. The summed E-state index contributed by atoms with van der Waals surface area (Å²) in [5.41, 5.74) is 9.68. The van der Waals surface area contributed by atoms with Gasteiger partial charge < -0.3 is 11.1 Å². The molecule has 1 aliphatic carbocycles. The number of anilines is 2. The topological polar surface area (TPSA) is 50.9 Å². The van der Waals surface area contributed by atoms with Crippen LogP contribution in [0.2, 0.25) is 0 Å². The van der Waals surface area contributed by atoms with Crippen LogP contribution >= 0.6 is 11.3 Å². The van der Waals surface area contributed by atoms with Gasteiger partial charge >= 0.3 is 0 Å². The number of nitrogens with one attached hydrogen (secondary N) is 1. The molecule has 4 heteroatoms. The molecule has 88 valence electrons. The molecule has 0 bridgehead atoms. The maximum absolute atomic E-state index is 5.57. The lowest BCUT2D eigenvalue weighted by Gasteiger charge is -2.05. The maximum Gasteiger partial charge on any atom is 0.187 e. The van der Waals surface area contributed by atoms with E-state index < -0.39 is 0 Å². The maximum atomic E-state index is 5.57. The summed E-state index contributed by atoms with van der Waals surface area (Å²) in [4.78, 5) is 5.41. The minimum absolute atomic E-state index is 0.559. The third-order valence-corrected chi connectivity index (χ3v) is 4.04. The first kappa shape index (κ1) is 10.7. The Morgan fingerprint density at radius 2 is 2.18 bits per heavy atom. The fourth-order valence-corrected chi connectivity index (χ4v) is 2.94. The van der Waals surface area contributed by atoms with Crippen molar-refractivity contribution in [2.75, 3.05) is 5.32 Å². The van der Waals surface area contributed by atoms with Gasteiger partial charge in [0.2, 0.25) is 0 Å². The Morgan fingerprint density at radius 1 is 1.29 bits per heavy atom. The highest BCUT2D eigenvalue weighted by Crippen LogP contribution is 2.27. The number of aromatic nitrogens is 1. The third-order valence-electron chi connectivity index (χ3n) is 3.10. The van der Waals surface area contributed by atoms with E-state index in [1.807, 2.05) is 6.20 Å². The van der Waals surface area contributed by atoms with Crippen molar-refractivity contribution in [3.63, 3.8) is 0 Å². The summed E-state index contributed by atoms with van der Waals surface area (Å²) in [6.07, 6.45) is 5.55. The van der Waals surface area contributed by atoms with Gasteiger partial charge in [-0.1, -0.05) is 6.07 Å². The van der Waals surface area contributed by atoms with Crippen molar-refractivity contribution in [1.82, 2.24) is 4.98 Å². The molecular formula is C13H15N3S. The Morgan fingerprint density at radius 3 is 3.00 bits per heavy atom. The molecule has 2 aromatic rings. The zero-order valence-electron chi connectivity index (χ0n) is 9.57. The minimum atomic E-state index is 0.559. The minimum Gasteiger partial charge on any atom is -0.332 e. The molecule has 0 aliphatic heterocycles. The summed E-state index contributed by atoms with van der Waals surface area (Å²) >= 11 is 1.61. The van der Waals surface area contributed by atoms with Crippen LogP contribution < -0.4 is 11.1 Å². The van der Waals surface area contributed by atoms with Crippen LogP contribution in [0, 0.1) is 0 Å². The average molecular weight is 245 g/mol. The van der Waals surface area contributed by atoms with Gasteiger partial charge in [0.05, 0.1) is 0 Å². The van der Waals surface area contributed by atoms with E-state index in [0.717, 1.165) is 15.7 Å². The summed E-state index contributed by atoms with van der Waals surface area (Å²) in [5, 5.41) is 4.26. The monoisotopic (exact) mass is 245 g/mol. The second-order valence-electron chi connectivity index (χ2n) is 4.30. The molecule has 3 nitrogen and oxygen atoms in total. The average Bonchev–Trinajstić information content (AvgIpc) is 2.96. The fraction of sp³-hybridized carbons (Fsp3) is 0.308. The number of benzene rings is 1. The van der Waals surface area contributed by atoms with Gasteiger partial charge in [-0.25, -0.2) is 4.98 Å². The van der Waals surface area contributed by atoms with Gasteiger partial charge in [-0.3, -0.25) is 0 Å². The van der Waals surface area contributed by atoms with Crippen molar-refractivity contribution in [2.24, 2.45) is 5.73 Å². The van der Waals surface area contributed by atoms with Gasteiger partial charge in [-0.15, -0.1) is 11.3 Å². The number of thiazole rings is 1. The molecule has 3 rings (SSSR count). The van der Waals surface area contributed by atoms with E-state index in [2.05, 4.69) is 28.5 Å². The van der Waals surface area contributed by atoms with E-state index in [4.69, 9.17) is 5.73 Å². The molecule has 0 radical (unpaired) electrons. The second kappa shape index (κ2) is 4.47. The summed E-state index contributed by atoms with van der Waals surface area (Å²) in [6, 6.07) is 6.60. The number of nitrogens with two attached hydrogens (primary N) is 1. The quantitative estimate of drug-likeness (QED) is 0.874. The summed E-state index contributed by atoms with van der Waals surface area (Å²) in [6.45, 7) is 0.559. The third kappa shape index (κ3) is 2.18. The predicted molar refractivity (Wildman–Crippen MR) is 71.8 cm³/mol. The highest BCUT2D eigenvalue weighted by molar-refractivity contribution is 7.15. The molecule has 0 atom stereocenters. The van der Waals surface area contributed by atoms with Crippen molar-refractivity contribution in [2.45, 2.75) is 25.8 Å². The van der Waals surface area contributed by atoms with Crippen molar-refractivity contribution in [1.29, 1.82) is 0 Å². The van der Waals surface area contributed by atoms with Gasteiger partial charge in [0.15, 0.2) is 5.13 Å². The van der Waals surface area contributed by atoms with E-state index in [-0.39, 0.29) is 0 Å². The van der Waals surface area contributed by atoms with E-state index in [9.17, 15) is 0 Å². The smallest absolute Gasteiger partial charge is 0.187 e. The first-order valence-corrected chi connectivity index (χ1v) is 6.70. The molecule has 0 spiro atoms. The first-order chi connectivity index (χ1) is 8.35. The number of nitrogens with zero attached hydrogens (tertiary/aromatic N) is 1. The van der Waals surface area contributed by atoms with Crippen LogP contribution in [-0.2, 0) is 19.4 Å². The number of hydrogen-bond donors (Lipinski definition) is 2. The summed E-state index contributed by atoms with van der Waals surface area (Å²) in [5.74, 6) is 0. The largest absolute Gasteiger partial charge is 0.332 e. The Hall–Kier alpha value is -1.39. The molecule has 0 saturated heterocycles. The van der Waals surface area contributed by atoms with Crippen LogP contribution in [0.4, 0.5) is 10.8 Å². The van der Waals surface area contributed by atoms with E-state index in [0.29, 0.717) is 6.54 Å². The molecule has 1 heterocycles. The van der Waals surface area contributed by atoms with Crippen LogP contribution in [0.5, 0.6) is 0 Å².